The quantitative estimate of drug-likeness (QED) is 0.667. The van der Waals surface area contributed by atoms with E-state index in [0.29, 0.717) is 36.0 Å². The Morgan fingerprint density at radius 3 is 2.93 bits per heavy atom. The third-order valence-electron chi connectivity index (χ3n) is 4.82. The van der Waals surface area contributed by atoms with Crippen LogP contribution in [0, 0.1) is 0 Å². The number of likely N-dealkylation sites (tertiary alicyclic amines) is 1. The molecule has 0 saturated carbocycles. The van der Waals surface area contributed by atoms with Crippen molar-refractivity contribution in [3.8, 4) is 5.75 Å². The monoisotopic (exact) mass is 409 g/mol. The lowest BCUT2D eigenvalue weighted by Gasteiger charge is -2.15. The van der Waals surface area contributed by atoms with Crippen molar-refractivity contribution in [2.45, 2.75) is 19.4 Å². The molecule has 0 atom stereocenters. The zero-order valence-electron chi connectivity index (χ0n) is 15.7. The number of rotatable bonds is 6. The molecule has 0 aliphatic carbocycles. The van der Waals surface area contributed by atoms with Crippen LogP contribution in [0.3, 0.4) is 0 Å². The van der Waals surface area contributed by atoms with Gasteiger partial charge in [-0.25, -0.2) is 0 Å². The summed E-state index contributed by atoms with van der Waals surface area (Å²) in [6, 6.07) is 14.7. The molecular weight excluding hydrogens is 390 g/mol. The minimum atomic E-state index is -0.217. The van der Waals surface area contributed by atoms with Gasteiger partial charge in [-0.2, -0.15) is 0 Å². The maximum atomic E-state index is 12.2. The molecule has 148 valence electrons. The van der Waals surface area contributed by atoms with Gasteiger partial charge in [0.2, 0.25) is 11.8 Å². The summed E-state index contributed by atoms with van der Waals surface area (Å²) in [5, 5.41) is 4.36. The minimum absolute atomic E-state index is 0.0287. The summed E-state index contributed by atoms with van der Waals surface area (Å²) in [6.07, 6.45) is 3.05. The molecule has 1 N–H and O–H groups in total. The van der Waals surface area contributed by atoms with Crippen LogP contribution in [0.25, 0.3) is 10.9 Å². The number of fused-ring (bicyclic) bond motifs is 1. The Bertz CT molecular complexity index is 1070. The van der Waals surface area contributed by atoms with Crippen LogP contribution in [0.4, 0.5) is 5.69 Å². The minimum Gasteiger partial charge on any atom is -0.489 e. The number of benzene rings is 2. The Labute approximate surface area is 173 Å². The predicted molar refractivity (Wildman–Crippen MR) is 112 cm³/mol. The van der Waals surface area contributed by atoms with E-state index in [0.717, 1.165) is 22.9 Å². The smallest absolute Gasteiger partial charge is 0.243 e. The second kappa shape index (κ2) is 8.49. The van der Waals surface area contributed by atoms with Crippen molar-refractivity contribution in [1.82, 2.24) is 9.88 Å². The Hall–Kier alpha value is -3.12. The highest BCUT2D eigenvalue weighted by Gasteiger charge is 2.22. The lowest BCUT2D eigenvalue weighted by molar-refractivity contribution is -0.131. The number of halogens is 1. The number of ether oxygens (including phenoxy) is 1. The van der Waals surface area contributed by atoms with Crippen molar-refractivity contribution in [2.24, 2.45) is 0 Å². The fourth-order valence-electron chi connectivity index (χ4n) is 3.38. The van der Waals surface area contributed by atoms with E-state index < -0.39 is 0 Å². The van der Waals surface area contributed by atoms with Gasteiger partial charge in [0.15, 0.2) is 0 Å². The summed E-state index contributed by atoms with van der Waals surface area (Å²) < 4.78 is 5.91. The molecule has 4 rings (SSSR count). The Kier molecular flexibility index (Phi) is 5.62. The highest BCUT2D eigenvalue weighted by Crippen LogP contribution is 2.26. The van der Waals surface area contributed by atoms with E-state index in [1.807, 2.05) is 36.4 Å². The van der Waals surface area contributed by atoms with Gasteiger partial charge in [0.25, 0.3) is 0 Å². The number of hydrogen-bond acceptors (Lipinski definition) is 4. The van der Waals surface area contributed by atoms with Gasteiger partial charge in [-0.1, -0.05) is 23.7 Å². The Morgan fingerprint density at radius 2 is 2.10 bits per heavy atom. The largest absolute Gasteiger partial charge is 0.489 e. The van der Waals surface area contributed by atoms with Crippen molar-refractivity contribution in [1.29, 1.82) is 0 Å². The first-order chi connectivity index (χ1) is 14.1. The number of nitrogens with one attached hydrogen (secondary N) is 1. The SMILES string of the molecule is O=C(CN1CCCC1=O)Nc1cccc(OCc2ccc(Cl)c3cccnc23)c1. The number of carbonyl (C=O) groups is 2. The van der Waals surface area contributed by atoms with Gasteiger partial charge < -0.3 is 15.0 Å². The first-order valence-electron chi connectivity index (χ1n) is 9.43. The zero-order valence-corrected chi connectivity index (χ0v) is 16.5. The zero-order chi connectivity index (χ0) is 20.2. The summed E-state index contributed by atoms with van der Waals surface area (Å²) >= 11 is 6.24. The van der Waals surface area contributed by atoms with E-state index in [4.69, 9.17) is 16.3 Å². The number of aromatic nitrogens is 1. The molecule has 6 nitrogen and oxygen atoms in total. The number of amides is 2. The van der Waals surface area contributed by atoms with Gasteiger partial charge in [-0.05, 0) is 36.8 Å². The van der Waals surface area contributed by atoms with Gasteiger partial charge in [0.05, 0.1) is 12.1 Å². The molecular formula is C22H20ClN3O3. The highest BCUT2D eigenvalue weighted by atomic mass is 35.5. The maximum absolute atomic E-state index is 12.2. The molecule has 29 heavy (non-hydrogen) atoms. The second-order valence-electron chi connectivity index (χ2n) is 6.89. The fourth-order valence-corrected chi connectivity index (χ4v) is 3.60. The van der Waals surface area contributed by atoms with Gasteiger partial charge in [0.1, 0.15) is 12.4 Å². The molecule has 0 radical (unpaired) electrons. The Morgan fingerprint density at radius 1 is 1.21 bits per heavy atom. The molecule has 2 amide bonds. The average molecular weight is 410 g/mol. The summed E-state index contributed by atoms with van der Waals surface area (Å²) in [5.41, 5.74) is 2.35. The highest BCUT2D eigenvalue weighted by molar-refractivity contribution is 6.35. The third-order valence-corrected chi connectivity index (χ3v) is 5.15. The van der Waals surface area contributed by atoms with Crippen LogP contribution in [0.5, 0.6) is 5.75 Å². The molecule has 2 aromatic carbocycles. The van der Waals surface area contributed by atoms with Crippen LogP contribution < -0.4 is 10.1 Å². The average Bonchev–Trinajstić information content (AvgIpc) is 3.12. The summed E-state index contributed by atoms with van der Waals surface area (Å²) in [7, 11) is 0. The van der Waals surface area contributed by atoms with Gasteiger partial charge in [-0.15, -0.1) is 0 Å². The van der Waals surface area contributed by atoms with E-state index in [2.05, 4.69) is 10.3 Å². The molecule has 0 spiro atoms. The number of nitrogens with zero attached hydrogens (tertiary/aromatic N) is 2. The van der Waals surface area contributed by atoms with Gasteiger partial charge >= 0.3 is 0 Å². The number of anilines is 1. The van der Waals surface area contributed by atoms with E-state index >= 15 is 0 Å². The van der Waals surface area contributed by atoms with Crippen LogP contribution >= 0.6 is 11.6 Å². The normalized spacial score (nSPS) is 13.7. The summed E-state index contributed by atoms with van der Waals surface area (Å²) in [4.78, 5) is 29.9. The summed E-state index contributed by atoms with van der Waals surface area (Å²) in [5.74, 6) is 0.436. The number of pyridine rings is 1. The van der Waals surface area contributed by atoms with E-state index in [1.54, 1.807) is 23.2 Å². The van der Waals surface area contributed by atoms with Crippen molar-refractivity contribution < 1.29 is 14.3 Å². The first kappa shape index (κ1) is 19.2. The molecule has 3 aromatic rings. The van der Waals surface area contributed by atoms with Crippen LogP contribution in [-0.2, 0) is 16.2 Å². The van der Waals surface area contributed by atoms with Crippen molar-refractivity contribution >= 4 is 40.0 Å². The lowest BCUT2D eigenvalue weighted by Crippen LogP contribution is -2.33. The molecule has 0 unspecified atom stereocenters. The van der Waals surface area contributed by atoms with E-state index in [1.165, 1.54) is 0 Å². The second-order valence-corrected chi connectivity index (χ2v) is 7.30. The number of hydrogen-bond donors (Lipinski definition) is 1. The molecule has 1 saturated heterocycles. The molecule has 0 bridgehead atoms. The van der Waals surface area contributed by atoms with Crippen LogP contribution in [0.2, 0.25) is 5.02 Å². The van der Waals surface area contributed by atoms with Crippen molar-refractivity contribution in [2.75, 3.05) is 18.4 Å². The van der Waals surface area contributed by atoms with E-state index in [-0.39, 0.29) is 18.4 Å². The molecule has 1 aromatic heterocycles. The topological polar surface area (TPSA) is 71.5 Å². The van der Waals surface area contributed by atoms with Crippen molar-refractivity contribution in [3.63, 3.8) is 0 Å². The molecule has 7 heteroatoms. The fraction of sp³-hybridized carbons (Fsp3) is 0.227. The van der Waals surface area contributed by atoms with Crippen molar-refractivity contribution in [3.05, 3.63) is 65.3 Å². The number of carbonyl (C=O) groups excluding carboxylic acids is 2. The summed E-state index contributed by atoms with van der Waals surface area (Å²) in [6.45, 7) is 1.04. The lowest BCUT2D eigenvalue weighted by atomic mass is 10.1. The molecule has 2 heterocycles. The first-order valence-corrected chi connectivity index (χ1v) is 9.80. The maximum Gasteiger partial charge on any atom is 0.243 e. The molecule has 1 aliphatic rings. The van der Waals surface area contributed by atoms with Crippen LogP contribution in [0.1, 0.15) is 18.4 Å². The van der Waals surface area contributed by atoms with Gasteiger partial charge in [-0.3, -0.25) is 14.6 Å². The van der Waals surface area contributed by atoms with Crippen LogP contribution in [0.15, 0.2) is 54.7 Å². The molecule has 1 fully saturated rings. The van der Waals surface area contributed by atoms with Gasteiger partial charge in [0, 0.05) is 46.9 Å². The van der Waals surface area contributed by atoms with Crippen LogP contribution in [-0.4, -0.2) is 34.8 Å². The standard InChI is InChI=1S/C22H20ClN3O3/c23-19-9-8-15(22-18(19)6-2-10-24-22)14-29-17-5-1-4-16(12-17)25-20(27)13-26-11-3-7-21(26)28/h1-2,4-6,8-10,12H,3,7,11,13-14H2,(H,25,27). The van der Waals surface area contributed by atoms with E-state index in [9.17, 15) is 9.59 Å². The Balaban J connectivity index is 1.41. The predicted octanol–water partition coefficient (Wildman–Crippen LogP) is 4.03. The third kappa shape index (κ3) is 4.49. The molecule has 1 aliphatic heterocycles.